The molecule has 0 aromatic carbocycles. The second-order valence-corrected chi connectivity index (χ2v) is 2.70. The van der Waals surface area contributed by atoms with Gasteiger partial charge in [-0.25, -0.2) is 9.97 Å². The molecular weight excluding hydrogens is 162 g/mol. The van der Waals surface area contributed by atoms with Gasteiger partial charge < -0.3 is 5.32 Å². The lowest BCUT2D eigenvalue weighted by atomic mass is 10.3. The van der Waals surface area contributed by atoms with Crippen molar-refractivity contribution in [2.24, 2.45) is 0 Å². The minimum absolute atomic E-state index is 0.500. The molecule has 13 heavy (non-hydrogen) atoms. The molecule has 0 amide bonds. The van der Waals surface area contributed by atoms with Gasteiger partial charge >= 0.3 is 0 Å². The number of aromatic nitrogens is 2. The summed E-state index contributed by atoms with van der Waals surface area (Å²) in [5.41, 5.74) is 1.03. The van der Waals surface area contributed by atoms with Crippen molar-refractivity contribution < 1.29 is 0 Å². The van der Waals surface area contributed by atoms with Crippen molar-refractivity contribution in [2.45, 2.75) is 20.3 Å². The first-order valence-electron chi connectivity index (χ1n) is 4.28. The molecule has 0 bridgehead atoms. The van der Waals surface area contributed by atoms with Gasteiger partial charge in [-0.2, -0.15) is 0 Å². The third-order valence-electron chi connectivity index (χ3n) is 1.62. The van der Waals surface area contributed by atoms with E-state index in [0.717, 1.165) is 23.8 Å². The third-order valence-corrected chi connectivity index (χ3v) is 1.62. The van der Waals surface area contributed by atoms with Crippen molar-refractivity contribution in [3.8, 4) is 12.3 Å². The number of hydrogen-bond acceptors (Lipinski definition) is 3. The quantitative estimate of drug-likeness (QED) is 0.705. The molecule has 0 saturated heterocycles. The zero-order valence-corrected chi connectivity index (χ0v) is 7.96. The fourth-order valence-corrected chi connectivity index (χ4v) is 1.04. The number of terminal acetylenes is 1. The van der Waals surface area contributed by atoms with E-state index >= 15 is 0 Å². The molecule has 0 saturated carbocycles. The summed E-state index contributed by atoms with van der Waals surface area (Å²) in [5.74, 6) is 4.09. The average Bonchev–Trinajstić information content (AvgIpc) is 2.14. The summed E-state index contributed by atoms with van der Waals surface area (Å²) in [6.45, 7) is 4.44. The van der Waals surface area contributed by atoms with Crippen LogP contribution in [0.4, 0.5) is 5.82 Å². The van der Waals surface area contributed by atoms with Crippen molar-refractivity contribution in [1.29, 1.82) is 0 Å². The fraction of sp³-hybridized carbons (Fsp3) is 0.400. The number of nitrogens with one attached hydrogen (secondary N) is 1. The van der Waals surface area contributed by atoms with Crippen molar-refractivity contribution in [2.75, 3.05) is 11.9 Å². The van der Waals surface area contributed by atoms with E-state index in [0.29, 0.717) is 6.54 Å². The highest BCUT2D eigenvalue weighted by Crippen LogP contribution is 2.06. The molecule has 3 heteroatoms. The Morgan fingerprint density at radius 3 is 2.92 bits per heavy atom. The summed E-state index contributed by atoms with van der Waals surface area (Å²) in [4.78, 5) is 8.46. The first kappa shape index (κ1) is 9.53. The Kier molecular flexibility index (Phi) is 3.27. The summed E-state index contributed by atoms with van der Waals surface area (Å²) in [7, 11) is 0. The summed E-state index contributed by atoms with van der Waals surface area (Å²) >= 11 is 0. The lowest BCUT2D eigenvalue weighted by molar-refractivity contribution is 0.949. The van der Waals surface area contributed by atoms with Crippen molar-refractivity contribution in [3.05, 3.63) is 17.6 Å². The van der Waals surface area contributed by atoms with Crippen LogP contribution in [0, 0.1) is 19.3 Å². The smallest absolute Gasteiger partial charge is 0.130 e. The van der Waals surface area contributed by atoms with Gasteiger partial charge in [-0.15, -0.1) is 6.42 Å². The zero-order chi connectivity index (χ0) is 9.68. The Morgan fingerprint density at radius 2 is 2.31 bits per heavy atom. The predicted molar refractivity (Wildman–Crippen MR) is 53.5 cm³/mol. The van der Waals surface area contributed by atoms with Crippen molar-refractivity contribution in [3.63, 3.8) is 0 Å². The first-order chi connectivity index (χ1) is 6.26. The van der Waals surface area contributed by atoms with Gasteiger partial charge in [-0.05, 0) is 13.3 Å². The lowest BCUT2D eigenvalue weighted by Gasteiger charge is -2.04. The normalized spacial score (nSPS) is 9.31. The Bertz CT molecular complexity index is 325. The van der Waals surface area contributed by atoms with Crippen LogP contribution < -0.4 is 5.32 Å². The second-order valence-electron chi connectivity index (χ2n) is 2.70. The predicted octanol–water partition coefficient (Wildman–Crippen LogP) is 1.39. The number of hydrogen-bond donors (Lipinski definition) is 1. The van der Waals surface area contributed by atoms with Crippen LogP contribution >= 0.6 is 0 Å². The molecule has 0 fully saturated rings. The molecule has 0 aliphatic heterocycles. The Hall–Kier alpha value is -1.56. The summed E-state index contributed by atoms with van der Waals surface area (Å²) in [6, 6.07) is 1.92. The Balaban J connectivity index is 2.83. The molecular formula is C10H13N3. The van der Waals surface area contributed by atoms with E-state index in [9.17, 15) is 0 Å². The summed E-state index contributed by atoms with van der Waals surface area (Å²) in [6.07, 6.45) is 6.04. The summed E-state index contributed by atoms with van der Waals surface area (Å²) in [5, 5.41) is 3.02. The van der Waals surface area contributed by atoms with E-state index in [4.69, 9.17) is 6.42 Å². The molecule has 0 aliphatic carbocycles. The average molecular weight is 175 g/mol. The molecule has 0 radical (unpaired) electrons. The molecule has 0 atom stereocenters. The van der Waals surface area contributed by atoms with Crippen LogP contribution in [-0.4, -0.2) is 16.5 Å². The maximum atomic E-state index is 5.13. The van der Waals surface area contributed by atoms with Gasteiger partial charge in [0.25, 0.3) is 0 Å². The molecule has 1 aromatic rings. The zero-order valence-electron chi connectivity index (χ0n) is 7.96. The van der Waals surface area contributed by atoms with E-state index in [2.05, 4.69) is 28.1 Å². The molecule has 1 aromatic heterocycles. The van der Waals surface area contributed by atoms with E-state index in [1.165, 1.54) is 0 Å². The van der Waals surface area contributed by atoms with Crippen LogP contribution in [0.5, 0.6) is 0 Å². The van der Waals surface area contributed by atoms with Crippen molar-refractivity contribution >= 4 is 5.82 Å². The van der Waals surface area contributed by atoms with Crippen molar-refractivity contribution in [1.82, 2.24) is 9.97 Å². The van der Waals surface area contributed by atoms with Gasteiger partial charge in [0.2, 0.25) is 0 Å². The van der Waals surface area contributed by atoms with Crippen LogP contribution in [0.2, 0.25) is 0 Å². The van der Waals surface area contributed by atoms with Gasteiger partial charge in [0.15, 0.2) is 0 Å². The van der Waals surface area contributed by atoms with Gasteiger partial charge in [0.05, 0.1) is 6.54 Å². The fourth-order valence-electron chi connectivity index (χ4n) is 1.04. The van der Waals surface area contributed by atoms with Crippen LogP contribution in [0.3, 0.4) is 0 Å². The highest BCUT2D eigenvalue weighted by Gasteiger charge is 1.98. The maximum Gasteiger partial charge on any atom is 0.130 e. The van der Waals surface area contributed by atoms with Crippen LogP contribution in [0.1, 0.15) is 18.4 Å². The number of nitrogens with zero attached hydrogens (tertiary/aromatic N) is 2. The van der Waals surface area contributed by atoms with Crippen LogP contribution in [0.25, 0.3) is 0 Å². The third kappa shape index (κ3) is 2.75. The maximum absolute atomic E-state index is 5.13. The number of anilines is 1. The molecule has 1 N–H and O–H groups in total. The van der Waals surface area contributed by atoms with E-state index in [1.807, 2.05) is 13.0 Å². The molecule has 68 valence electrons. The molecule has 0 spiro atoms. The van der Waals surface area contributed by atoms with E-state index in [1.54, 1.807) is 0 Å². The van der Waals surface area contributed by atoms with E-state index < -0.39 is 0 Å². The van der Waals surface area contributed by atoms with Crippen LogP contribution in [0.15, 0.2) is 6.07 Å². The lowest BCUT2D eigenvalue weighted by Crippen LogP contribution is -2.04. The molecule has 1 heterocycles. The number of rotatable bonds is 3. The van der Waals surface area contributed by atoms with Gasteiger partial charge in [0.1, 0.15) is 11.6 Å². The highest BCUT2D eigenvalue weighted by molar-refractivity contribution is 5.37. The largest absolute Gasteiger partial charge is 0.359 e. The van der Waals surface area contributed by atoms with Gasteiger partial charge in [-0.3, -0.25) is 0 Å². The monoisotopic (exact) mass is 175 g/mol. The second kappa shape index (κ2) is 4.46. The highest BCUT2D eigenvalue weighted by atomic mass is 15.0. The SMILES string of the molecule is C#CCNc1cc(CC)nc(C)n1. The topological polar surface area (TPSA) is 37.8 Å². The first-order valence-corrected chi connectivity index (χ1v) is 4.28. The van der Waals surface area contributed by atoms with E-state index in [-0.39, 0.29) is 0 Å². The molecule has 0 unspecified atom stereocenters. The number of aryl methyl sites for hydroxylation is 2. The minimum Gasteiger partial charge on any atom is -0.359 e. The minimum atomic E-state index is 0.500. The van der Waals surface area contributed by atoms with Gasteiger partial charge in [-0.1, -0.05) is 12.8 Å². The summed E-state index contributed by atoms with van der Waals surface area (Å²) < 4.78 is 0. The molecule has 1 rings (SSSR count). The standard InChI is InChI=1S/C10H13N3/c1-4-6-11-10-7-9(5-2)12-8(3)13-10/h1,7H,5-6H2,2-3H3,(H,11,12,13). The molecule has 0 aliphatic rings. The van der Waals surface area contributed by atoms with Gasteiger partial charge in [0, 0.05) is 11.8 Å². The van der Waals surface area contributed by atoms with Crippen LogP contribution in [-0.2, 0) is 6.42 Å². The Labute approximate surface area is 78.6 Å². The Morgan fingerprint density at radius 1 is 1.54 bits per heavy atom. The molecule has 3 nitrogen and oxygen atoms in total.